The van der Waals surface area contributed by atoms with E-state index in [1.165, 1.54) is 23.5 Å². The molecule has 140 valence electrons. The van der Waals surface area contributed by atoms with Crippen molar-refractivity contribution >= 4 is 27.0 Å². The fraction of sp³-hybridized carbons (Fsp3) is 0.438. The number of aromatic nitrogens is 1. The lowest BCUT2D eigenvalue weighted by molar-refractivity contribution is -0.385. The zero-order chi connectivity index (χ0) is 18.9. The lowest BCUT2D eigenvalue weighted by Gasteiger charge is -2.30. The summed E-state index contributed by atoms with van der Waals surface area (Å²) >= 11 is 1.61. The van der Waals surface area contributed by atoms with Crippen LogP contribution in [0.2, 0.25) is 0 Å². The minimum Gasteiger partial charge on any atom is -0.495 e. The van der Waals surface area contributed by atoms with Crippen molar-refractivity contribution in [3.63, 3.8) is 0 Å². The highest BCUT2D eigenvalue weighted by Gasteiger charge is 2.33. The third-order valence-corrected chi connectivity index (χ3v) is 7.48. The Bertz CT molecular complexity index is 918. The maximum atomic E-state index is 13.0. The largest absolute Gasteiger partial charge is 0.495 e. The van der Waals surface area contributed by atoms with Crippen molar-refractivity contribution in [1.29, 1.82) is 0 Å². The number of benzene rings is 1. The summed E-state index contributed by atoms with van der Waals surface area (Å²) in [4.78, 5) is 14.8. The fourth-order valence-electron chi connectivity index (χ4n) is 3.02. The third-order valence-electron chi connectivity index (χ3n) is 4.42. The first-order valence-electron chi connectivity index (χ1n) is 8.07. The second-order valence-electron chi connectivity index (χ2n) is 6.10. The Labute approximate surface area is 155 Å². The summed E-state index contributed by atoms with van der Waals surface area (Å²) in [5, 5.41) is 13.9. The van der Waals surface area contributed by atoms with Crippen molar-refractivity contribution in [2.24, 2.45) is 0 Å². The number of aryl methyl sites for hydroxylation is 1. The molecule has 0 unspecified atom stereocenters. The number of piperidine rings is 1. The molecular formula is C16H19N3O5S2. The van der Waals surface area contributed by atoms with Gasteiger partial charge in [0.1, 0.15) is 10.6 Å². The van der Waals surface area contributed by atoms with Crippen LogP contribution in [0, 0.1) is 17.0 Å². The normalized spacial score (nSPS) is 16.5. The predicted octanol–water partition coefficient (Wildman–Crippen LogP) is 2.94. The SMILES string of the molecule is COc1cc([N+](=O)[O-])ccc1S(=O)(=O)N1CCC(c2nc(C)cs2)CC1. The number of hydrogen-bond acceptors (Lipinski definition) is 7. The molecule has 0 saturated carbocycles. The molecule has 1 aliphatic heterocycles. The molecule has 0 atom stereocenters. The zero-order valence-corrected chi connectivity index (χ0v) is 16.0. The van der Waals surface area contributed by atoms with Gasteiger partial charge in [-0.25, -0.2) is 13.4 Å². The lowest BCUT2D eigenvalue weighted by Crippen LogP contribution is -2.38. The van der Waals surface area contributed by atoms with E-state index in [4.69, 9.17) is 4.74 Å². The van der Waals surface area contributed by atoms with Crippen LogP contribution in [-0.2, 0) is 10.0 Å². The monoisotopic (exact) mass is 397 g/mol. The minimum absolute atomic E-state index is 0.0168. The van der Waals surface area contributed by atoms with E-state index < -0.39 is 14.9 Å². The van der Waals surface area contributed by atoms with Gasteiger partial charge in [0.05, 0.1) is 23.1 Å². The lowest BCUT2D eigenvalue weighted by atomic mass is 9.99. The highest BCUT2D eigenvalue weighted by atomic mass is 32.2. The summed E-state index contributed by atoms with van der Waals surface area (Å²) in [6.07, 6.45) is 1.39. The average molecular weight is 397 g/mol. The molecule has 0 aliphatic carbocycles. The summed E-state index contributed by atoms with van der Waals surface area (Å²) in [5.74, 6) is 0.246. The average Bonchev–Trinajstić information content (AvgIpc) is 3.07. The van der Waals surface area contributed by atoms with Gasteiger partial charge in [-0.15, -0.1) is 11.3 Å². The number of sulfonamides is 1. The number of thiazole rings is 1. The molecule has 8 nitrogen and oxygen atoms in total. The highest BCUT2D eigenvalue weighted by molar-refractivity contribution is 7.89. The van der Waals surface area contributed by atoms with Gasteiger partial charge in [0, 0.05) is 36.1 Å². The summed E-state index contributed by atoms with van der Waals surface area (Å²) in [6.45, 7) is 2.71. The van der Waals surface area contributed by atoms with Gasteiger partial charge >= 0.3 is 0 Å². The van der Waals surface area contributed by atoms with Crippen molar-refractivity contribution in [3.05, 3.63) is 44.4 Å². The van der Waals surface area contributed by atoms with E-state index in [0.29, 0.717) is 25.9 Å². The Balaban J connectivity index is 1.80. The van der Waals surface area contributed by atoms with Crippen LogP contribution in [0.25, 0.3) is 0 Å². The van der Waals surface area contributed by atoms with Gasteiger partial charge in [-0.2, -0.15) is 4.31 Å². The molecule has 0 bridgehead atoms. The molecule has 2 aromatic rings. The van der Waals surface area contributed by atoms with Crippen LogP contribution in [-0.4, -0.2) is 42.8 Å². The molecule has 26 heavy (non-hydrogen) atoms. The van der Waals surface area contributed by atoms with E-state index >= 15 is 0 Å². The van der Waals surface area contributed by atoms with E-state index in [2.05, 4.69) is 4.98 Å². The van der Waals surface area contributed by atoms with E-state index in [-0.39, 0.29) is 22.3 Å². The number of nitro groups is 1. The van der Waals surface area contributed by atoms with Crippen molar-refractivity contribution in [3.8, 4) is 5.75 Å². The van der Waals surface area contributed by atoms with E-state index in [0.717, 1.165) is 16.8 Å². The smallest absolute Gasteiger partial charge is 0.273 e. The molecule has 1 aromatic carbocycles. The summed E-state index contributed by atoms with van der Waals surface area (Å²) in [7, 11) is -2.48. The molecule has 1 aliphatic rings. The Morgan fingerprint density at radius 2 is 2.04 bits per heavy atom. The molecule has 1 saturated heterocycles. The van der Waals surface area contributed by atoms with Crippen LogP contribution in [0.4, 0.5) is 5.69 Å². The predicted molar refractivity (Wildman–Crippen MR) is 97.2 cm³/mol. The third kappa shape index (κ3) is 3.57. The Hall–Kier alpha value is -2.04. The van der Waals surface area contributed by atoms with Crippen LogP contribution in [0.1, 0.15) is 29.5 Å². The zero-order valence-electron chi connectivity index (χ0n) is 14.4. The quantitative estimate of drug-likeness (QED) is 0.568. The van der Waals surface area contributed by atoms with Crippen molar-refractivity contribution in [1.82, 2.24) is 9.29 Å². The van der Waals surface area contributed by atoms with E-state index in [1.54, 1.807) is 11.3 Å². The number of ether oxygens (including phenoxy) is 1. The standard InChI is InChI=1S/C16H19N3O5S2/c1-11-10-25-16(17-11)12-5-7-18(8-6-12)26(22,23)15-4-3-13(19(20)21)9-14(15)24-2/h3-4,9-10,12H,5-8H2,1-2H3. The first kappa shape index (κ1) is 18.7. The van der Waals surface area contributed by atoms with Crippen LogP contribution in [0.3, 0.4) is 0 Å². The molecule has 10 heteroatoms. The molecule has 0 N–H and O–H groups in total. The van der Waals surface area contributed by atoms with Gasteiger partial charge in [0.25, 0.3) is 5.69 Å². The number of non-ortho nitro benzene ring substituents is 1. The molecule has 0 spiro atoms. The first-order chi connectivity index (χ1) is 12.3. The molecular weight excluding hydrogens is 378 g/mol. The minimum atomic E-state index is -3.78. The summed E-state index contributed by atoms with van der Waals surface area (Å²) < 4.78 is 32.4. The molecule has 2 heterocycles. The number of nitro benzene ring substituents is 1. The second kappa shape index (κ2) is 7.29. The molecule has 1 aromatic heterocycles. The van der Waals surface area contributed by atoms with Crippen molar-refractivity contribution < 1.29 is 18.1 Å². The van der Waals surface area contributed by atoms with Crippen molar-refractivity contribution in [2.45, 2.75) is 30.6 Å². The van der Waals surface area contributed by atoms with E-state index in [9.17, 15) is 18.5 Å². The molecule has 1 fully saturated rings. The maximum Gasteiger partial charge on any atom is 0.273 e. The number of methoxy groups -OCH3 is 1. The van der Waals surface area contributed by atoms with Crippen molar-refractivity contribution in [2.75, 3.05) is 20.2 Å². The van der Waals surface area contributed by atoms with Gasteiger partial charge in [-0.1, -0.05) is 0 Å². The highest BCUT2D eigenvalue weighted by Crippen LogP contribution is 2.35. The first-order valence-corrected chi connectivity index (χ1v) is 10.4. The van der Waals surface area contributed by atoms with E-state index in [1.807, 2.05) is 12.3 Å². The Morgan fingerprint density at radius 1 is 1.35 bits per heavy atom. The number of rotatable bonds is 5. The number of hydrogen-bond donors (Lipinski definition) is 0. The summed E-state index contributed by atoms with van der Waals surface area (Å²) in [5.41, 5.74) is 0.773. The van der Waals surface area contributed by atoms with Crippen LogP contribution >= 0.6 is 11.3 Å². The molecule has 0 radical (unpaired) electrons. The molecule has 0 amide bonds. The Morgan fingerprint density at radius 3 is 2.58 bits per heavy atom. The van der Waals surface area contributed by atoms with Crippen LogP contribution < -0.4 is 4.74 Å². The Kier molecular flexibility index (Phi) is 5.26. The van der Waals surface area contributed by atoms with Gasteiger partial charge in [-0.3, -0.25) is 10.1 Å². The van der Waals surface area contributed by atoms with Crippen LogP contribution in [0.15, 0.2) is 28.5 Å². The van der Waals surface area contributed by atoms with Gasteiger partial charge < -0.3 is 4.74 Å². The van der Waals surface area contributed by atoms with Crippen LogP contribution in [0.5, 0.6) is 5.75 Å². The second-order valence-corrected chi connectivity index (χ2v) is 8.89. The molecule has 3 rings (SSSR count). The summed E-state index contributed by atoms with van der Waals surface area (Å²) in [6, 6.07) is 3.56. The topological polar surface area (TPSA) is 103 Å². The van der Waals surface area contributed by atoms with Gasteiger partial charge in [0.2, 0.25) is 10.0 Å². The maximum absolute atomic E-state index is 13.0. The van der Waals surface area contributed by atoms with Gasteiger partial charge in [0.15, 0.2) is 0 Å². The fourth-order valence-corrected chi connectivity index (χ4v) is 5.60. The van der Waals surface area contributed by atoms with Gasteiger partial charge in [-0.05, 0) is 25.8 Å². The number of nitrogens with zero attached hydrogens (tertiary/aromatic N) is 3.